The van der Waals surface area contributed by atoms with Crippen molar-refractivity contribution in [2.45, 2.75) is 76.0 Å². The Morgan fingerprint density at radius 1 is 1.09 bits per heavy atom. The Morgan fingerprint density at radius 3 is 2.48 bits per heavy atom. The van der Waals surface area contributed by atoms with Gasteiger partial charge in [0.25, 0.3) is 15.9 Å². The molecule has 44 heavy (non-hydrogen) atoms. The number of benzene rings is 2. The van der Waals surface area contributed by atoms with Crippen molar-refractivity contribution >= 4 is 21.6 Å². The van der Waals surface area contributed by atoms with Gasteiger partial charge >= 0.3 is 0 Å². The number of carbonyl (C=O) groups is 1. The summed E-state index contributed by atoms with van der Waals surface area (Å²) in [6.07, 6.45) is 4.89. The molecule has 4 rings (SSSR count). The molecule has 2 aliphatic rings. The van der Waals surface area contributed by atoms with Crippen LogP contribution in [0, 0.1) is 11.8 Å². The molecule has 0 unspecified atom stereocenters. The molecule has 0 saturated heterocycles. The minimum atomic E-state index is -3.94. The lowest BCUT2D eigenvalue weighted by Gasteiger charge is -2.36. The SMILES string of the molecule is COc1ccc(S(=O)(=O)Nc2ccc3c(c2)C(=O)N([C@@H](C)CO)C[C@@H](C)[C@H](CN(C)CC2CC2)OCCCC[C@H](C)O3)cc1. The van der Waals surface area contributed by atoms with Crippen LogP contribution in [-0.4, -0.2) is 94.5 Å². The van der Waals surface area contributed by atoms with Crippen molar-refractivity contribution in [2.75, 3.05) is 51.7 Å². The number of fused-ring (bicyclic) bond motifs is 1. The molecule has 0 aromatic heterocycles. The topological polar surface area (TPSA) is 118 Å². The van der Waals surface area contributed by atoms with E-state index in [2.05, 4.69) is 23.6 Å². The molecule has 2 aromatic rings. The van der Waals surface area contributed by atoms with Crippen LogP contribution in [0.4, 0.5) is 5.69 Å². The first-order valence-electron chi connectivity index (χ1n) is 15.7. The summed E-state index contributed by atoms with van der Waals surface area (Å²) in [7, 11) is -0.300. The predicted octanol–water partition coefficient (Wildman–Crippen LogP) is 4.63. The lowest BCUT2D eigenvalue weighted by Crippen LogP contribution is -2.47. The summed E-state index contributed by atoms with van der Waals surface area (Å²) in [5, 5.41) is 10.2. The molecule has 1 fully saturated rings. The first-order chi connectivity index (χ1) is 21.0. The molecular weight excluding hydrogens is 582 g/mol. The fourth-order valence-corrected chi connectivity index (χ4v) is 6.59. The number of hydrogen-bond donors (Lipinski definition) is 2. The van der Waals surface area contributed by atoms with Crippen molar-refractivity contribution in [3.8, 4) is 11.5 Å². The van der Waals surface area contributed by atoms with Crippen LogP contribution in [0.3, 0.4) is 0 Å². The van der Waals surface area contributed by atoms with E-state index < -0.39 is 16.1 Å². The Labute approximate surface area is 262 Å². The number of ether oxygens (including phenoxy) is 3. The van der Waals surface area contributed by atoms with Crippen LogP contribution < -0.4 is 14.2 Å². The summed E-state index contributed by atoms with van der Waals surface area (Å²) < 4.78 is 46.9. The Balaban J connectivity index is 1.65. The number of anilines is 1. The van der Waals surface area contributed by atoms with Crippen LogP contribution in [0.5, 0.6) is 11.5 Å². The van der Waals surface area contributed by atoms with E-state index in [-0.39, 0.29) is 46.8 Å². The second-order valence-electron chi connectivity index (χ2n) is 12.5. The smallest absolute Gasteiger partial charge is 0.261 e. The Bertz CT molecular complexity index is 1330. The van der Waals surface area contributed by atoms with E-state index in [1.54, 1.807) is 29.2 Å². The molecule has 0 spiro atoms. The number of sulfonamides is 1. The molecule has 4 atom stereocenters. The molecule has 1 aliphatic carbocycles. The molecule has 2 N–H and O–H groups in total. The zero-order valence-electron chi connectivity index (χ0n) is 26.7. The Hall–Kier alpha value is -2.86. The lowest BCUT2D eigenvalue weighted by atomic mass is 10.0. The highest BCUT2D eigenvalue weighted by Gasteiger charge is 2.31. The van der Waals surface area contributed by atoms with Gasteiger partial charge in [0.1, 0.15) is 11.5 Å². The van der Waals surface area contributed by atoms with E-state index in [1.807, 2.05) is 13.8 Å². The van der Waals surface area contributed by atoms with Gasteiger partial charge in [-0.2, -0.15) is 0 Å². The van der Waals surface area contributed by atoms with Gasteiger partial charge in [0, 0.05) is 37.8 Å². The minimum absolute atomic E-state index is 0.0161. The van der Waals surface area contributed by atoms with Gasteiger partial charge in [0.05, 0.1) is 42.4 Å². The highest BCUT2D eigenvalue weighted by molar-refractivity contribution is 7.92. The van der Waals surface area contributed by atoms with Gasteiger partial charge in [-0.1, -0.05) is 6.92 Å². The quantitative estimate of drug-likeness (QED) is 0.390. The molecular formula is C33H49N3O7S. The van der Waals surface area contributed by atoms with Crippen LogP contribution in [0.1, 0.15) is 63.2 Å². The first-order valence-corrected chi connectivity index (χ1v) is 17.2. The third-order valence-corrected chi connectivity index (χ3v) is 9.83. The van der Waals surface area contributed by atoms with E-state index in [9.17, 15) is 18.3 Å². The number of aliphatic hydroxyl groups is 1. The number of rotatable bonds is 10. The molecule has 2 aromatic carbocycles. The molecule has 1 heterocycles. The highest BCUT2D eigenvalue weighted by atomic mass is 32.2. The molecule has 1 aliphatic heterocycles. The molecule has 244 valence electrons. The number of carbonyl (C=O) groups excluding carboxylic acids is 1. The molecule has 1 saturated carbocycles. The fraction of sp³-hybridized carbons (Fsp3) is 0.606. The summed E-state index contributed by atoms with van der Waals surface area (Å²) in [6.45, 7) is 8.44. The van der Waals surface area contributed by atoms with E-state index in [4.69, 9.17) is 14.2 Å². The zero-order valence-corrected chi connectivity index (χ0v) is 27.5. The summed E-state index contributed by atoms with van der Waals surface area (Å²) in [5.41, 5.74) is 0.470. The molecule has 11 heteroatoms. The summed E-state index contributed by atoms with van der Waals surface area (Å²) in [4.78, 5) is 18.3. The number of likely N-dealkylation sites (N-methyl/N-ethyl adjacent to an activating group) is 1. The third kappa shape index (κ3) is 9.32. The van der Waals surface area contributed by atoms with Crippen LogP contribution in [0.2, 0.25) is 0 Å². The fourth-order valence-electron chi connectivity index (χ4n) is 5.54. The Kier molecular flexibility index (Phi) is 11.9. The van der Waals surface area contributed by atoms with Gasteiger partial charge in [-0.05, 0) is 101 Å². The maximum Gasteiger partial charge on any atom is 0.261 e. The average Bonchev–Trinajstić information content (AvgIpc) is 3.82. The minimum Gasteiger partial charge on any atom is -0.497 e. The predicted molar refractivity (Wildman–Crippen MR) is 171 cm³/mol. The first kappa shape index (κ1) is 34.0. The maximum atomic E-state index is 14.3. The van der Waals surface area contributed by atoms with Gasteiger partial charge in [-0.25, -0.2) is 8.42 Å². The second kappa shape index (κ2) is 15.4. The van der Waals surface area contributed by atoms with Crippen molar-refractivity contribution in [3.63, 3.8) is 0 Å². The zero-order chi connectivity index (χ0) is 31.9. The maximum absolute atomic E-state index is 14.3. The van der Waals surface area contributed by atoms with Gasteiger partial charge in [0.2, 0.25) is 0 Å². The monoisotopic (exact) mass is 631 g/mol. The number of aliphatic hydroxyl groups excluding tert-OH is 1. The van der Waals surface area contributed by atoms with Crippen molar-refractivity contribution in [2.24, 2.45) is 11.8 Å². The van der Waals surface area contributed by atoms with Crippen LogP contribution in [0.15, 0.2) is 47.4 Å². The normalized spacial score (nSPS) is 22.9. The van der Waals surface area contributed by atoms with Gasteiger partial charge < -0.3 is 29.1 Å². The van der Waals surface area contributed by atoms with E-state index in [0.717, 1.165) is 38.3 Å². The lowest BCUT2D eigenvalue weighted by molar-refractivity contribution is -0.0172. The number of amides is 1. The third-order valence-electron chi connectivity index (χ3n) is 8.43. The van der Waals surface area contributed by atoms with Crippen molar-refractivity contribution in [3.05, 3.63) is 48.0 Å². The van der Waals surface area contributed by atoms with E-state index in [1.165, 1.54) is 38.2 Å². The van der Waals surface area contributed by atoms with E-state index in [0.29, 0.717) is 24.7 Å². The van der Waals surface area contributed by atoms with Crippen LogP contribution >= 0.6 is 0 Å². The van der Waals surface area contributed by atoms with Gasteiger partial charge in [0.15, 0.2) is 0 Å². The summed E-state index contributed by atoms with van der Waals surface area (Å²) in [5.74, 6) is 1.33. The van der Waals surface area contributed by atoms with Crippen molar-refractivity contribution < 1.29 is 32.5 Å². The average molecular weight is 632 g/mol. The van der Waals surface area contributed by atoms with Gasteiger partial charge in [-0.15, -0.1) is 0 Å². The summed E-state index contributed by atoms with van der Waals surface area (Å²) >= 11 is 0. The molecule has 0 bridgehead atoms. The summed E-state index contributed by atoms with van der Waals surface area (Å²) in [6, 6.07) is 10.4. The number of nitrogens with one attached hydrogen (secondary N) is 1. The number of hydrogen-bond acceptors (Lipinski definition) is 8. The standard InChI is InChI=1S/C33H49N3O7S/c1-23-19-36(24(2)22-37)33(38)30-18-27(34-44(39,40)29-14-12-28(41-5)13-15-29)11-16-31(30)43-25(3)8-6-7-17-42-32(23)21-35(4)20-26-9-10-26/h11-16,18,23-26,32,34,37H,6-10,17,19-22H2,1-5H3/t23-,24+,25+,32+/m1/s1. The van der Waals surface area contributed by atoms with Gasteiger partial charge in [-0.3, -0.25) is 9.52 Å². The van der Waals surface area contributed by atoms with Crippen LogP contribution in [-0.2, 0) is 14.8 Å². The largest absolute Gasteiger partial charge is 0.497 e. The van der Waals surface area contributed by atoms with Crippen LogP contribution in [0.25, 0.3) is 0 Å². The molecule has 0 radical (unpaired) electrons. The van der Waals surface area contributed by atoms with E-state index >= 15 is 0 Å². The second-order valence-corrected chi connectivity index (χ2v) is 14.1. The molecule has 10 nitrogen and oxygen atoms in total. The highest BCUT2D eigenvalue weighted by Crippen LogP contribution is 2.31. The van der Waals surface area contributed by atoms with Crippen molar-refractivity contribution in [1.82, 2.24) is 9.80 Å². The molecule has 1 amide bonds. The van der Waals surface area contributed by atoms with Crippen molar-refractivity contribution in [1.29, 1.82) is 0 Å². The number of methoxy groups -OCH3 is 1. The Morgan fingerprint density at radius 2 is 1.82 bits per heavy atom. The number of nitrogens with zero attached hydrogens (tertiary/aromatic N) is 2.